The van der Waals surface area contributed by atoms with E-state index in [1.54, 1.807) is 12.1 Å². The van der Waals surface area contributed by atoms with Crippen LogP contribution in [0, 0.1) is 5.92 Å². The summed E-state index contributed by atoms with van der Waals surface area (Å²) < 4.78 is 37.3. The third-order valence-electron chi connectivity index (χ3n) is 2.62. The minimum atomic E-state index is -4.16. The highest BCUT2D eigenvalue weighted by Crippen LogP contribution is 2.36. The van der Waals surface area contributed by atoms with E-state index in [0.29, 0.717) is 0 Å². The van der Waals surface area contributed by atoms with E-state index >= 15 is 0 Å². The Labute approximate surface area is 101 Å². The fourth-order valence-corrected chi connectivity index (χ4v) is 2.55. The summed E-state index contributed by atoms with van der Waals surface area (Å²) >= 11 is 1.40. The zero-order valence-corrected chi connectivity index (χ0v) is 9.68. The summed E-state index contributed by atoms with van der Waals surface area (Å²) in [5, 5.41) is 8.92. The lowest BCUT2D eigenvalue weighted by Crippen LogP contribution is -2.21. The average Bonchev–Trinajstić information content (AvgIpc) is 2.76. The summed E-state index contributed by atoms with van der Waals surface area (Å²) in [4.78, 5) is 1.71. The number of aliphatic hydroxyl groups is 1. The van der Waals surface area contributed by atoms with Crippen LogP contribution >= 0.6 is 11.3 Å². The lowest BCUT2D eigenvalue weighted by molar-refractivity contribution is -0.160. The lowest BCUT2D eigenvalue weighted by Gasteiger charge is -2.18. The van der Waals surface area contributed by atoms with E-state index in [9.17, 15) is 13.2 Å². The summed E-state index contributed by atoms with van der Waals surface area (Å²) in [6.45, 7) is -0.0349. The van der Waals surface area contributed by atoms with Crippen LogP contribution in [0.3, 0.4) is 0 Å². The van der Waals surface area contributed by atoms with Gasteiger partial charge in [-0.25, -0.2) is 0 Å². The number of hydrogen-bond donors (Lipinski definition) is 1. The van der Waals surface area contributed by atoms with Gasteiger partial charge in [0.15, 0.2) is 0 Å². The van der Waals surface area contributed by atoms with Crippen LogP contribution in [0.15, 0.2) is 30.4 Å². The third-order valence-corrected chi connectivity index (χ3v) is 3.74. The Morgan fingerprint density at radius 2 is 2.12 bits per heavy atom. The smallest absolute Gasteiger partial charge is 0.391 e. The fraction of sp³-hybridized carbons (Fsp3) is 0.333. The summed E-state index contributed by atoms with van der Waals surface area (Å²) in [7, 11) is 0. The Kier molecular flexibility index (Phi) is 3.40. The Balaban J connectivity index is 2.12. The zero-order chi connectivity index (χ0) is 12.5. The van der Waals surface area contributed by atoms with Gasteiger partial charge in [-0.1, -0.05) is 18.2 Å². The first-order valence-electron chi connectivity index (χ1n) is 5.15. The number of rotatable bonds is 2. The molecule has 0 bridgehead atoms. The molecule has 1 aromatic heterocycles. The van der Waals surface area contributed by atoms with Gasteiger partial charge in [0.25, 0.3) is 0 Å². The van der Waals surface area contributed by atoms with Gasteiger partial charge in [-0.2, -0.15) is 13.2 Å². The largest absolute Gasteiger partial charge is 0.395 e. The molecular weight excluding hydrogens is 249 g/mol. The maximum atomic E-state index is 12.4. The van der Waals surface area contributed by atoms with Crippen LogP contribution in [-0.4, -0.2) is 11.3 Å². The van der Waals surface area contributed by atoms with Crippen molar-refractivity contribution in [1.29, 1.82) is 0 Å². The highest BCUT2D eigenvalue weighted by atomic mass is 32.1. The quantitative estimate of drug-likeness (QED) is 0.858. The monoisotopic (exact) mass is 260 g/mol. The minimum Gasteiger partial charge on any atom is -0.391 e. The molecule has 0 amide bonds. The molecule has 0 saturated heterocycles. The van der Waals surface area contributed by atoms with Crippen molar-refractivity contribution in [3.8, 4) is 0 Å². The Bertz CT molecular complexity index is 457. The van der Waals surface area contributed by atoms with Gasteiger partial charge >= 0.3 is 6.18 Å². The maximum Gasteiger partial charge on any atom is 0.395 e. The average molecular weight is 260 g/mol. The van der Waals surface area contributed by atoms with Crippen molar-refractivity contribution in [3.63, 3.8) is 0 Å². The predicted molar refractivity (Wildman–Crippen MR) is 61.5 cm³/mol. The molecule has 1 aliphatic rings. The Hall–Kier alpha value is -1.07. The van der Waals surface area contributed by atoms with Crippen LogP contribution in [-0.2, 0) is 6.61 Å². The summed E-state index contributed by atoms with van der Waals surface area (Å²) in [5.74, 6) is -1.37. The first kappa shape index (κ1) is 12.4. The molecule has 0 fully saturated rings. The highest BCUT2D eigenvalue weighted by Gasteiger charge is 2.37. The molecule has 1 heterocycles. The van der Waals surface area contributed by atoms with Gasteiger partial charge in [0.05, 0.1) is 12.5 Å². The van der Waals surface area contributed by atoms with Gasteiger partial charge in [-0.3, -0.25) is 0 Å². The van der Waals surface area contributed by atoms with Gasteiger partial charge in [0.2, 0.25) is 0 Å². The molecule has 0 radical (unpaired) electrons. The SMILES string of the molecule is OCc1ccc(C2=CCC(C(F)(F)F)C=C2)s1. The number of halogens is 3. The van der Waals surface area contributed by atoms with Crippen molar-refractivity contribution in [1.82, 2.24) is 0 Å². The van der Waals surface area contributed by atoms with Crippen molar-refractivity contribution in [2.45, 2.75) is 19.2 Å². The van der Waals surface area contributed by atoms with Crippen LogP contribution in [0.1, 0.15) is 16.2 Å². The molecule has 1 atom stereocenters. The molecule has 0 aliphatic heterocycles. The molecule has 1 unspecified atom stereocenters. The van der Waals surface area contributed by atoms with Crippen molar-refractivity contribution >= 4 is 16.9 Å². The van der Waals surface area contributed by atoms with Crippen molar-refractivity contribution in [2.75, 3.05) is 0 Å². The molecule has 1 aromatic rings. The fourth-order valence-electron chi connectivity index (χ4n) is 1.66. The van der Waals surface area contributed by atoms with Crippen molar-refractivity contribution < 1.29 is 18.3 Å². The van der Waals surface area contributed by atoms with E-state index in [4.69, 9.17) is 5.11 Å². The molecular formula is C12H11F3OS. The van der Waals surface area contributed by atoms with Crippen LogP contribution in [0.4, 0.5) is 13.2 Å². The predicted octanol–water partition coefficient (Wildman–Crippen LogP) is 3.76. The first-order valence-corrected chi connectivity index (χ1v) is 5.97. The van der Waals surface area contributed by atoms with E-state index < -0.39 is 12.1 Å². The van der Waals surface area contributed by atoms with E-state index in [-0.39, 0.29) is 13.0 Å². The zero-order valence-electron chi connectivity index (χ0n) is 8.87. The molecule has 0 spiro atoms. The number of allylic oxidation sites excluding steroid dienone is 4. The summed E-state index contributed by atoms with van der Waals surface area (Å²) in [5.41, 5.74) is 0.801. The van der Waals surface area contributed by atoms with E-state index in [0.717, 1.165) is 15.3 Å². The van der Waals surface area contributed by atoms with Gasteiger partial charge < -0.3 is 5.11 Å². The van der Waals surface area contributed by atoms with E-state index in [2.05, 4.69) is 0 Å². The molecule has 0 aromatic carbocycles. The van der Waals surface area contributed by atoms with Gasteiger partial charge in [0, 0.05) is 9.75 Å². The van der Waals surface area contributed by atoms with Crippen molar-refractivity contribution in [3.05, 3.63) is 40.1 Å². The number of aliphatic hydroxyl groups excluding tert-OH is 1. The number of alkyl halides is 3. The van der Waals surface area contributed by atoms with Gasteiger partial charge in [0.1, 0.15) is 0 Å². The normalized spacial score (nSPS) is 20.5. The van der Waals surface area contributed by atoms with Crippen LogP contribution in [0.25, 0.3) is 5.57 Å². The molecule has 5 heteroatoms. The molecule has 1 nitrogen and oxygen atoms in total. The van der Waals surface area contributed by atoms with Crippen LogP contribution in [0.2, 0.25) is 0 Å². The number of hydrogen-bond acceptors (Lipinski definition) is 2. The second-order valence-electron chi connectivity index (χ2n) is 3.83. The molecule has 17 heavy (non-hydrogen) atoms. The topological polar surface area (TPSA) is 20.2 Å². The second-order valence-corrected chi connectivity index (χ2v) is 4.99. The number of thiophene rings is 1. The van der Waals surface area contributed by atoms with Crippen LogP contribution in [0.5, 0.6) is 0 Å². The Morgan fingerprint density at radius 3 is 2.59 bits per heavy atom. The molecule has 1 aliphatic carbocycles. The minimum absolute atomic E-state index is 0.0122. The Morgan fingerprint density at radius 1 is 1.35 bits per heavy atom. The summed E-state index contributed by atoms with van der Waals surface area (Å²) in [6, 6.07) is 3.60. The van der Waals surface area contributed by atoms with Crippen molar-refractivity contribution in [2.24, 2.45) is 5.92 Å². The van der Waals surface area contributed by atoms with Gasteiger partial charge in [-0.15, -0.1) is 11.3 Å². The molecule has 92 valence electrons. The molecule has 0 saturated carbocycles. The molecule has 2 rings (SSSR count). The summed E-state index contributed by atoms with van der Waals surface area (Å²) in [6.07, 6.45) is 0.138. The highest BCUT2D eigenvalue weighted by molar-refractivity contribution is 7.13. The standard InChI is InChI=1S/C12H11F3OS/c13-12(14,15)9-3-1-8(2-4-9)11-6-5-10(7-16)17-11/h1-3,5-6,9,16H,4,7H2. The maximum absolute atomic E-state index is 12.4. The first-order chi connectivity index (χ1) is 8.00. The second kappa shape index (κ2) is 4.66. The van der Waals surface area contributed by atoms with E-state index in [1.807, 2.05) is 6.07 Å². The third kappa shape index (κ3) is 2.79. The van der Waals surface area contributed by atoms with E-state index in [1.165, 1.54) is 23.5 Å². The molecule has 1 N–H and O–H groups in total. The van der Waals surface area contributed by atoms with Crippen LogP contribution < -0.4 is 0 Å². The lowest BCUT2D eigenvalue weighted by atomic mass is 9.95. The van der Waals surface area contributed by atoms with Gasteiger partial charge in [-0.05, 0) is 24.1 Å².